The van der Waals surface area contributed by atoms with Crippen LogP contribution in [0.15, 0.2) is 0 Å². The molecule has 1 heterocycles. The normalized spacial score (nSPS) is 32.2. The van der Waals surface area contributed by atoms with E-state index in [1.54, 1.807) is 0 Å². The van der Waals surface area contributed by atoms with E-state index >= 15 is 0 Å². The maximum absolute atomic E-state index is 3.61. The van der Waals surface area contributed by atoms with Gasteiger partial charge in [-0.05, 0) is 69.6 Å². The molecule has 1 aliphatic heterocycles. The molecule has 0 radical (unpaired) electrons. The second-order valence-corrected chi connectivity index (χ2v) is 6.81. The highest BCUT2D eigenvalue weighted by Gasteiger charge is 2.38. The van der Waals surface area contributed by atoms with Crippen LogP contribution >= 0.6 is 0 Å². The van der Waals surface area contributed by atoms with Crippen molar-refractivity contribution in [1.29, 1.82) is 0 Å². The molecule has 18 heavy (non-hydrogen) atoms. The van der Waals surface area contributed by atoms with Crippen molar-refractivity contribution in [2.24, 2.45) is 11.3 Å². The lowest BCUT2D eigenvalue weighted by Gasteiger charge is -2.49. The molecule has 0 aromatic rings. The summed E-state index contributed by atoms with van der Waals surface area (Å²) in [6, 6.07) is 0.899. The highest BCUT2D eigenvalue weighted by atomic mass is 15.2. The molecule has 2 rings (SSSR count). The van der Waals surface area contributed by atoms with Crippen molar-refractivity contribution in [1.82, 2.24) is 10.2 Å². The van der Waals surface area contributed by atoms with Crippen molar-refractivity contribution in [2.45, 2.75) is 65.3 Å². The van der Waals surface area contributed by atoms with E-state index in [1.165, 1.54) is 64.7 Å². The topological polar surface area (TPSA) is 15.3 Å². The van der Waals surface area contributed by atoms with E-state index in [1.807, 2.05) is 0 Å². The molecule has 2 fully saturated rings. The Bertz CT molecular complexity index is 243. The smallest absolute Gasteiger partial charge is 0.0136 e. The lowest BCUT2D eigenvalue weighted by Crippen LogP contribution is -2.53. The fraction of sp³-hybridized carbons (Fsp3) is 1.00. The van der Waals surface area contributed by atoms with Gasteiger partial charge < -0.3 is 10.2 Å². The quantitative estimate of drug-likeness (QED) is 0.730. The van der Waals surface area contributed by atoms with Crippen molar-refractivity contribution in [3.63, 3.8) is 0 Å². The summed E-state index contributed by atoms with van der Waals surface area (Å²) in [5.74, 6) is 0.933. The summed E-state index contributed by atoms with van der Waals surface area (Å²) >= 11 is 0. The Labute approximate surface area is 114 Å². The van der Waals surface area contributed by atoms with Gasteiger partial charge in [0.25, 0.3) is 0 Å². The van der Waals surface area contributed by atoms with E-state index in [-0.39, 0.29) is 0 Å². The molecule has 2 nitrogen and oxygen atoms in total. The first kappa shape index (κ1) is 14.3. The van der Waals surface area contributed by atoms with Crippen LogP contribution in [-0.2, 0) is 0 Å². The third-order valence-corrected chi connectivity index (χ3v) is 5.54. The van der Waals surface area contributed by atoms with Gasteiger partial charge in [0.2, 0.25) is 0 Å². The number of hydrogen-bond acceptors (Lipinski definition) is 2. The Morgan fingerprint density at radius 2 is 1.89 bits per heavy atom. The molecule has 2 aliphatic rings. The van der Waals surface area contributed by atoms with Crippen LogP contribution in [0.3, 0.4) is 0 Å². The van der Waals surface area contributed by atoms with E-state index in [4.69, 9.17) is 0 Å². The van der Waals surface area contributed by atoms with E-state index in [2.05, 4.69) is 31.0 Å². The molecule has 0 bridgehead atoms. The predicted octanol–water partition coefficient (Wildman–Crippen LogP) is 3.28. The zero-order valence-electron chi connectivity index (χ0n) is 12.7. The minimum Gasteiger partial charge on any atom is -0.316 e. The van der Waals surface area contributed by atoms with Gasteiger partial charge in [0.1, 0.15) is 0 Å². The van der Waals surface area contributed by atoms with Crippen LogP contribution in [0.25, 0.3) is 0 Å². The molecular weight excluding hydrogens is 220 g/mol. The van der Waals surface area contributed by atoms with Crippen molar-refractivity contribution >= 4 is 0 Å². The molecule has 106 valence electrons. The molecule has 2 heteroatoms. The largest absolute Gasteiger partial charge is 0.316 e. The monoisotopic (exact) mass is 252 g/mol. The van der Waals surface area contributed by atoms with Gasteiger partial charge in [-0.1, -0.05) is 27.2 Å². The Morgan fingerprint density at radius 3 is 2.39 bits per heavy atom. The van der Waals surface area contributed by atoms with Gasteiger partial charge in [0, 0.05) is 6.04 Å². The summed E-state index contributed by atoms with van der Waals surface area (Å²) in [6.45, 7) is 12.2. The summed E-state index contributed by atoms with van der Waals surface area (Å²) in [6.07, 6.45) is 8.33. The van der Waals surface area contributed by atoms with E-state index in [0.29, 0.717) is 5.41 Å². The van der Waals surface area contributed by atoms with Gasteiger partial charge in [0.05, 0.1) is 0 Å². The van der Waals surface area contributed by atoms with Crippen LogP contribution in [0.5, 0.6) is 0 Å². The minimum atomic E-state index is 0.635. The molecule has 1 aliphatic carbocycles. The number of piperidine rings is 1. The number of rotatable bonds is 6. The summed E-state index contributed by atoms with van der Waals surface area (Å²) in [7, 11) is 0. The van der Waals surface area contributed by atoms with Gasteiger partial charge in [0.15, 0.2) is 0 Å². The first-order valence-electron chi connectivity index (χ1n) is 8.13. The Hall–Kier alpha value is -0.0800. The highest BCUT2D eigenvalue weighted by molar-refractivity contribution is 4.93. The third-order valence-electron chi connectivity index (χ3n) is 5.54. The zero-order valence-corrected chi connectivity index (χ0v) is 12.7. The molecule has 0 aromatic heterocycles. The Kier molecular flexibility index (Phi) is 5.08. The third kappa shape index (κ3) is 3.27. The van der Waals surface area contributed by atoms with Gasteiger partial charge in [-0.3, -0.25) is 0 Å². The maximum Gasteiger partial charge on any atom is 0.0136 e. The summed E-state index contributed by atoms with van der Waals surface area (Å²) in [5.41, 5.74) is 0.635. The van der Waals surface area contributed by atoms with E-state index in [9.17, 15) is 0 Å². The van der Waals surface area contributed by atoms with Gasteiger partial charge in [-0.2, -0.15) is 0 Å². The molecular formula is C16H32N2. The van der Waals surface area contributed by atoms with Crippen molar-refractivity contribution in [3.05, 3.63) is 0 Å². The average Bonchev–Trinajstić information content (AvgIpc) is 2.36. The van der Waals surface area contributed by atoms with Crippen LogP contribution < -0.4 is 5.32 Å². The van der Waals surface area contributed by atoms with Gasteiger partial charge in [-0.25, -0.2) is 0 Å². The van der Waals surface area contributed by atoms with Crippen molar-refractivity contribution < 1.29 is 0 Å². The highest BCUT2D eigenvalue weighted by Crippen LogP contribution is 2.39. The second kappa shape index (κ2) is 6.38. The fourth-order valence-electron chi connectivity index (χ4n) is 3.48. The van der Waals surface area contributed by atoms with Crippen LogP contribution in [0.2, 0.25) is 0 Å². The first-order chi connectivity index (χ1) is 8.68. The standard InChI is InChI=1S/C16H32N2/c1-4-10-17-13-14-6-7-15(14)18-11-8-16(3,5-2)9-12-18/h14-15,17H,4-13H2,1-3H3. The molecule has 0 spiro atoms. The summed E-state index contributed by atoms with van der Waals surface area (Å²) in [5, 5.41) is 3.61. The number of likely N-dealkylation sites (tertiary alicyclic amines) is 1. The predicted molar refractivity (Wildman–Crippen MR) is 78.9 cm³/mol. The van der Waals surface area contributed by atoms with Crippen LogP contribution in [0.1, 0.15) is 59.3 Å². The average molecular weight is 252 g/mol. The molecule has 1 saturated heterocycles. The fourth-order valence-corrected chi connectivity index (χ4v) is 3.48. The number of hydrogen-bond donors (Lipinski definition) is 1. The lowest BCUT2D eigenvalue weighted by atomic mass is 9.74. The van der Waals surface area contributed by atoms with Gasteiger partial charge in [-0.15, -0.1) is 0 Å². The SMILES string of the molecule is CCCNCC1CCC1N1CCC(C)(CC)CC1. The first-order valence-corrected chi connectivity index (χ1v) is 8.13. The lowest BCUT2D eigenvalue weighted by molar-refractivity contribution is 0.0120. The molecule has 1 N–H and O–H groups in total. The van der Waals surface area contributed by atoms with Crippen LogP contribution in [0, 0.1) is 11.3 Å². The Morgan fingerprint density at radius 1 is 1.17 bits per heavy atom. The summed E-state index contributed by atoms with van der Waals surface area (Å²) in [4.78, 5) is 2.79. The number of nitrogens with one attached hydrogen (secondary N) is 1. The second-order valence-electron chi connectivity index (χ2n) is 6.81. The molecule has 0 amide bonds. The Balaban J connectivity index is 1.73. The summed E-state index contributed by atoms with van der Waals surface area (Å²) < 4.78 is 0. The van der Waals surface area contributed by atoms with E-state index < -0.39 is 0 Å². The van der Waals surface area contributed by atoms with Crippen molar-refractivity contribution in [2.75, 3.05) is 26.2 Å². The minimum absolute atomic E-state index is 0.635. The van der Waals surface area contributed by atoms with Crippen LogP contribution in [0.4, 0.5) is 0 Å². The molecule has 2 atom stereocenters. The van der Waals surface area contributed by atoms with Gasteiger partial charge >= 0.3 is 0 Å². The van der Waals surface area contributed by atoms with Crippen molar-refractivity contribution in [3.8, 4) is 0 Å². The van der Waals surface area contributed by atoms with Crippen LogP contribution in [-0.4, -0.2) is 37.1 Å². The molecule has 1 saturated carbocycles. The number of nitrogens with zero attached hydrogens (tertiary/aromatic N) is 1. The maximum atomic E-state index is 3.61. The molecule has 0 aromatic carbocycles. The van der Waals surface area contributed by atoms with E-state index in [0.717, 1.165) is 12.0 Å². The molecule has 2 unspecified atom stereocenters. The zero-order chi connectivity index (χ0) is 13.0.